The molecule has 3 atom stereocenters. The number of hydrogen-bond donors (Lipinski definition) is 2. The number of methoxy groups -OCH3 is 1. The van der Waals surface area contributed by atoms with Crippen LogP contribution in [0.15, 0.2) is 18.2 Å². The Morgan fingerprint density at radius 1 is 1.48 bits per heavy atom. The van der Waals surface area contributed by atoms with Crippen LogP contribution >= 0.6 is 0 Å². The van der Waals surface area contributed by atoms with Crippen LogP contribution in [0.4, 0.5) is 0 Å². The van der Waals surface area contributed by atoms with Crippen LogP contribution in [-0.2, 0) is 0 Å². The summed E-state index contributed by atoms with van der Waals surface area (Å²) in [6, 6.07) is 6.32. The minimum Gasteiger partial charge on any atom is -0.493 e. The molecule has 1 aromatic rings. The van der Waals surface area contributed by atoms with Gasteiger partial charge >= 0.3 is 0 Å². The summed E-state index contributed by atoms with van der Waals surface area (Å²) < 4.78 is 12.0. The molecule has 4 rings (SSSR count). The van der Waals surface area contributed by atoms with Gasteiger partial charge in [0.15, 0.2) is 17.5 Å². The van der Waals surface area contributed by atoms with Crippen molar-refractivity contribution < 1.29 is 9.47 Å². The van der Waals surface area contributed by atoms with Crippen molar-refractivity contribution >= 4 is 5.96 Å². The summed E-state index contributed by atoms with van der Waals surface area (Å²) in [5, 5.41) is 7.88. The van der Waals surface area contributed by atoms with Crippen LogP contribution in [0.2, 0.25) is 0 Å². The Labute approximate surface area is 124 Å². The number of fused-ring (bicyclic) bond motifs is 2. The second-order valence-electron chi connectivity index (χ2n) is 6.29. The van der Waals surface area contributed by atoms with Crippen molar-refractivity contribution in [1.29, 1.82) is 5.41 Å². The smallest absolute Gasteiger partial charge is 0.188 e. The number of guanidine groups is 1. The summed E-state index contributed by atoms with van der Waals surface area (Å²) in [6.45, 7) is 0.778. The van der Waals surface area contributed by atoms with Crippen LogP contribution < -0.4 is 15.2 Å². The molecule has 2 aliphatic heterocycles. The molecule has 2 heterocycles. The summed E-state index contributed by atoms with van der Waals surface area (Å²) in [7, 11) is 1.69. The number of nitrogens with two attached hydrogens (primary N) is 1. The molecular formula is C16H21N3O2. The van der Waals surface area contributed by atoms with Gasteiger partial charge in [-0.2, -0.15) is 0 Å². The van der Waals surface area contributed by atoms with Gasteiger partial charge in [0.05, 0.1) is 13.2 Å². The van der Waals surface area contributed by atoms with E-state index in [9.17, 15) is 0 Å². The fourth-order valence-corrected chi connectivity index (χ4v) is 4.54. The van der Waals surface area contributed by atoms with Crippen molar-refractivity contribution in [3.63, 3.8) is 0 Å². The number of benzene rings is 1. The maximum absolute atomic E-state index is 7.88. The Morgan fingerprint density at radius 2 is 2.33 bits per heavy atom. The number of rotatable bonds is 1. The van der Waals surface area contributed by atoms with Gasteiger partial charge in [-0.25, -0.2) is 0 Å². The van der Waals surface area contributed by atoms with Crippen LogP contribution in [0.3, 0.4) is 0 Å². The highest BCUT2D eigenvalue weighted by molar-refractivity contribution is 5.76. The van der Waals surface area contributed by atoms with Gasteiger partial charge in [-0.3, -0.25) is 5.41 Å². The first-order chi connectivity index (χ1) is 10.2. The van der Waals surface area contributed by atoms with Crippen LogP contribution in [0.1, 0.15) is 37.2 Å². The van der Waals surface area contributed by atoms with E-state index >= 15 is 0 Å². The molecule has 1 saturated carbocycles. The molecule has 0 radical (unpaired) electrons. The summed E-state index contributed by atoms with van der Waals surface area (Å²) in [5.74, 6) is 2.18. The van der Waals surface area contributed by atoms with Gasteiger partial charge in [-0.05, 0) is 25.3 Å². The zero-order valence-corrected chi connectivity index (χ0v) is 12.3. The zero-order chi connectivity index (χ0) is 14.6. The van der Waals surface area contributed by atoms with Crippen molar-refractivity contribution in [1.82, 2.24) is 4.90 Å². The Kier molecular flexibility index (Phi) is 2.62. The average Bonchev–Trinajstić information content (AvgIpc) is 2.96. The van der Waals surface area contributed by atoms with E-state index in [0.29, 0.717) is 0 Å². The number of hydrogen-bond acceptors (Lipinski definition) is 3. The molecule has 1 saturated heterocycles. The molecule has 1 aliphatic carbocycles. The van der Waals surface area contributed by atoms with E-state index in [1.54, 1.807) is 7.11 Å². The fraction of sp³-hybridized carbons (Fsp3) is 0.562. The first-order valence-corrected chi connectivity index (χ1v) is 7.64. The summed E-state index contributed by atoms with van der Waals surface area (Å²) in [6.07, 6.45) is 4.44. The lowest BCUT2D eigenvalue weighted by Crippen LogP contribution is -2.53. The zero-order valence-electron chi connectivity index (χ0n) is 12.3. The van der Waals surface area contributed by atoms with Gasteiger partial charge in [-0.15, -0.1) is 0 Å². The van der Waals surface area contributed by atoms with E-state index in [4.69, 9.17) is 20.6 Å². The molecule has 112 valence electrons. The predicted octanol–water partition coefficient (Wildman–Crippen LogP) is 2.06. The van der Waals surface area contributed by atoms with Crippen LogP contribution in [0.25, 0.3) is 0 Å². The highest BCUT2D eigenvalue weighted by Crippen LogP contribution is 2.58. The predicted molar refractivity (Wildman–Crippen MR) is 80.0 cm³/mol. The number of para-hydroxylation sites is 1. The van der Waals surface area contributed by atoms with Gasteiger partial charge in [0.1, 0.15) is 5.60 Å². The first kappa shape index (κ1) is 12.8. The Balaban J connectivity index is 1.82. The lowest BCUT2D eigenvalue weighted by atomic mass is 9.74. The monoisotopic (exact) mass is 287 g/mol. The van der Waals surface area contributed by atoms with Gasteiger partial charge < -0.3 is 20.1 Å². The SMILES string of the molecule is COc1cccc2c1O[C@]13CCCC[C@H]1N(C(=N)N)C[C@H]23. The Bertz CT molecular complexity index is 603. The highest BCUT2D eigenvalue weighted by atomic mass is 16.5. The van der Waals surface area contributed by atoms with Gasteiger partial charge in [-0.1, -0.05) is 18.6 Å². The molecular weight excluding hydrogens is 266 g/mol. The van der Waals surface area contributed by atoms with E-state index in [1.807, 2.05) is 17.0 Å². The van der Waals surface area contributed by atoms with Gasteiger partial charge in [0.25, 0.3) is 0 Å². The maximum Gasteiger partial charge on any atom is 0.188 e. The summed E-state index contributed by atoms with van der Waals surface area (Å²) >= 11 is 0. The number of ether oxygens (including phenoxy) is 2. The van der Waals surface area contributed by atoms with Crippen LogP contribution in [0.5, 0.6) is 11.5 Å². The standard InChI is InChI=1S/C16H21N3O2/c1-20-12-6-4-5-10-11-9-19(15(17)18)13-7-2-3-8-16(11,13)21-14(10)12/h4-6,11,13H,2-3,7-9H2,1H3,(H3,17,18)/t11-,13-,16+/m1/s1. The largest absolute Gasteiger partial charge is 0.493 e. The lowest BCUT2D eigenvalue weighted by molar-refractivity contribution is 0.0150. The summed E-state index contributed by atoms with van der Waals surface area (Å²) in [4.78, 5) is 2.03. The van der Waals surface area contributed by atoms with Crippen molar-refractivity contribution in [2.24, 2.45) is 5.73 Å². The third kappa shape index (κ3) is 1.54. The van der Waals surface area contributed by atoms with Gasteiger partial charge in [0.2, 0.25) is 0 Å². The van der Waals surface area contributed by atoms with E-state index in [2.05, 4.69) is 6.07 Å². The molecule has 0 unspecified atom stereocenters. The molecule has 2 fully saturated rings. The molecule has 0 aromatic heterocycles. The quantitative estimate of drug-likeness (QED) is 0.612. The van der Waals surface area contributed by atoms with E-state index in [1.165, 1.54) is 18.4 Å². The normalized spacial score (nSPS) is 32.9. The number of nitrogens with one attached hydrogen (secondary N) is 1. The maximum atomic E-state index is 7.88. The first-order valence-electron chi connectivity index (χ1n) is 7.64. The molecule has 3 N–H and O–H groups in total. The van der Waals surface area contributed by atoms with Crippen LogP contribution in [-0.4, -0.2) is 36.2 Å². The second kappa shape index (κ2) is 4.29. The van der Waals surface area contributed by atoms with E-state index < -0.39 is 0 Å². The molecule has 0 bridgehead atoms. The van der Waals surface area contributed by atoms with Crippen LogP contribution in [0, 0.1) is 5.41 Å². The average molecular weight is 287 g/mol. The molecule has 1 aromatic carbocycles. The Morgan fingerprint density at radius 3 is 3.10 bits per heavy atom. The van der Waals surface area contributed by atoms with E-state index in [-0.39, 0.29) is 23.5 Å². The molecule has 1 spiro atoms. The van der Waals surface area contributed by atoms with Crippen molar-refractivity contribution in [2.45, 2.75) is 43.2 Å². The molecule has 21 heavy (non-hydrogen) atoms. The minimum absolute atomic E-state index is 0.170. The summed E-state index contributed by atoms with van der Waals surface area (Å²) in [5.41, 5.74) is 6.80. The molecule has 5 heteroatoms. The molecule has 5 nitrogen and oxygen atoms in total. The topological polar surface area (TPSA) is 71.6 Å². The fourth-order valence-electron chi connectivity index (χ4n) is 4.54. The number of nitrogens with zero attached hydrogens (tertiary/aromatic N) is 1. The third-order valence-electron chi connectivity index (χ3n) is 5.41. The molecule has 3 aliphatic rings. The Hall–Kier alpha value is -1.91. The second-order valence-corrected chi connectivity index (χ2v) is 6.29. The third-order valence-corrected chi connectivity index (χ3v) is 5.41. The van der Waals surface area contributed by atoms with Crippen molar-refractivity contribution in [3.05, 3.63) is 23.8 Å². The van der Waals surface area contributed by atoms with Crippen molar-refractivity contribution in [3.8, 4) is 11.5 Å². The molecule has 0 amide bonds. The number of likely N-dealkylation sites (tertiary alicyclic amines) is 1. The minimum atomic E-state index is -0.221. The van der Waals surface area contributed by atoms with Crippen molar-refractivity contribution in [2.75, 3.05) is 13.7 Å². The lowest BCUT2D eigenvalue weighted by Gasteiger charge is -2.40. The van der Waals surface area contributed by atoms with E-state index in [0.717, 1.165) is 30.9 Å². The van der Waals surface area contributed by atoms with Gasteiger partial charge in [0, 0.05) is 18.0 Å². The highest BCUT2D eigenvalue weighted by Gasteiger charge is 2.62.